The number of hydrogen-bond acceptors (Lipinski definition) is 4. The Morgan fingerprint density at radius 2 is 1.48 bits per heavy atom. The van der Waals surface area contributed by atoms with E-state index in [0.717, 1.165) is 24.3 Å². The molecule has 0 saturated carbocycles. The van der Waals surface area contributed by atoms with E-state index < -0.39 is 46.5 Å². The fraction of sp³-hybridized carbons (Fsp3) is 0.310. The molecule has 210 valence electrons. The highest BCUT2D eigenvalue weighted by molar-refractivity contribution is 5.97. The minimum Gasteiger partial charge on any atom is -0.381 e. The van der Waals surface area contributed by atoms with Crippen molar-refractivity contribution in [2.45, 2.75) is 37.2 Å². The average Bonchev–Trinajstić information content (AvgIpc) is 2.93. The van der Waals surface area contributed by atoms with Gasteiger partial charge in [0.05, 0.1) is 22.8 Å². The summed E-state index contributed by atoms with van der Waals surface area (Å²) in [7, 11) is 0. The number of halogens is 6. The first-order valence-electron chi connectivity index (χ1n) is 12.3. The first-order valence-corrected chi connectivity index (χ1v) is 12.3. The number of nitrogens with zero attached hydrogens (tertiary/aromatic N) is 1. The van der Waals surface area contributed by atoms with Gasteiger partial charge in [-0.1, -0.05) is 36.4 Å². The van der Waals surface area contributed by atoms with E-state index in [2.05, 4.69) is 5.32 Å². The van der Waals surface area contributed by atoms with E-state index in [1.54, 1.807) is 24.3 Å². The van der Waals surface area contributed by atoms with E-state index in [-0.39, 0.29) is 12.1 Å². The van der Waals surface area contributed by atoms with Crippen LogP contribution in [-0.2, 0) is 28.3 Å². The molecule has 1 unspecified atom stereocenters. The molecule has 1 amide bonds. The summed E-state index contributed by atoms with van der Waals surface area (Å²) in [5.41, 5.74) is -3.11. The van der Waals surface area contributed by atoms with E-state index in [1.807, 2.05) is 0 Å². The second-order valence-corrected chi connectivity index (χ2v) is 9.58. The number of ether oxygens (including phenoxy) is 1. The quantitative estimate of drug-likeness (QED) is 0.332. The number of rotatable bonds is 6. The van der Waals surface area contributed by atoms with Crippen LogP contribution in [-0.4, -0.2) is 29.8 Å². The fourth-order valence-electron chi connectivity index (χ4n) is 4.76. The van der Waals surface area contributed by atoms with E-state index in [0.29, 0.717) is 48.8 Å². The molecule has 0 aliphatic carbocycles. The zero-order valence-electron chi connectivity index (χ0n) is 20.9. The van der Waals surface area contributed by atoms with Crippen molar-refractivity contribution in [3.05, 3.63) is 89.0 Å². The van der Waals surface area contributed by atoms with E-state index in [4.69, 9.17) is 10.00 Å². The molecule has 5 nitrogen and oxygen atoms in total. The molecule has 0 spiro atoms. The Kier molecular flexibility index (Phi) is 8.23. The lowest BCUT2D eigenvalue weighted by Gasteiger charge is -2.37. The van der Waals surface area contributed by atoms with Crippen molar-refractivity contribution in [2.75, 3.05) is 18.5 Å². The summed E-state index contributed by atoms with van der Waals surface area (Å²) in [6.07, 6.45) is -8.76. The molecule has 1 fully saturated rings. The van der Waals surface area contributed by atoms with Gasteiger partial charge in [-0.2, -0.15) is 31.6 Å². The van der Waals surface area contributed by atoms with Crippen LogP contribution < -0.4 is 5.32 Å². The summed E-state index contributed by atoms with van der Waals surface area (Å²) in [5.74, 6) is -1.46. The van der Waals surface area contributed by atoms with Crippen LogP contribution >= 0.6 is 0 Å². The Hall–Kier alpha value is -3.88. The van der Waals surface area contributed by atoms with Gasteiger partial charge in [0.15, 0.2) is 0 Å². The second-order valence-electron chi connectivity index (χ2n) is 9.58. The molecular weight excluding hydrogens is 538 g/mol. The third-order valence-electron chi connectivity index (χ3n) is 6.97. The average molecular weight is 563 g/mol. The normalized spacial score (nSPS) is 16.1. The van der Waals surface area contributed by atoms with Crippen LogP contribution in [0, 0.1) is 17.2 Å². The van der Waals surface area contributed by atoms with Gasteiger partial charge in [-0.25, -0.2) is 0 Å². The van der Waals surface area contributed by atoms with E-state index in [9.17, 15) is 36.2 Å². The monoisotopic (exact) mass is 562 g/mol. The highest BCUT2D eigenvalue weighted by Crippen LogP contribution is 2.36. The van der Waals surface area contributed by atoms with Gasteiger partial charge in [-0.05, 0) is 59.9 Å². The number of carbonyl (C=O) groups is 1. The molecule has 0 bridgehead atoms. The number of carbonyl (C=O) groups excluding carboxylic acids is 1. The molecule has 0 radical (unpaired) electrons. The number of anilines is 1. The highest BCUT2D eigenvalue weighted by atomic mass is 19.4. The molecule has 40 heavy (non-hydrogen) atoms. The molecule has 3 aromatic rings. The highest BCUT2D eigenvalue weighted by Gasteiger charge is 2.45. The SMILES string of the molecule is N#Cc1ccc(NC(=O)C(O)(Cc2ccc(-c3ccc(C(F)(F)F)cc3)cc2)C2CCOCC2)cc1C(F)(F)F. The molecule has 1 atom stereocenters. The summed E-state index contributed by atoms with van der Waals surface area (Å²) in [4.78, 5) is 13.4. The Bertz CT molecular complexity index is 1390. The maximum atomic E-state index is 13.4. The minimum atomic E-state index is -4.82. The number of alkyl halides is 6. The van der Waals surface area contributed by atoms with Crippen LogP contribution in [0.1, 0.15) is 35.1 Å². The molecule has 11 heteroatoms. The van der Waals surface area contributed by atoms with Crippen LogP contribution in [0.4, 0.5) is 32.0 Å². The lowest BCUT2D eigenvalue weighted by Crippen LogP contribution is -2.52. The Balaban J connectivity index is 1.59. The van der Waals surface area contributed by atoms with Crippen LogP contribution in [0.25, 0.3) is 11.1 Å². The van der Waals surface area contributed by atoms with Gasteiger partial charge in [0, 0.05) is 31.2 Å². The fourth-order valence-corrected chi connectivity index (χ4v) is 4.76. The van der Waals surface area contributed by atoms with Crippen LogP contribution in [0.5, 0.6) is 0 Å². The molecule has 4 rings (SSSR count). The summed E-state index contributed by atoms with van der Waals surface area (Å²) in [6.45, 7) is 0.588. The van der Waals surface area contributed by atoms with Crippen molar-refractivity contribution in [3.8, 4) is 17.2 Å². The van der Waals surface area contributed by atoms with Gasteiger partial charge < -0.3 is 15.2 Å². The maximum absolute atomic E-state index is 13.4. The molecule has 2 N–H and O–H groups in total. The molecule has 1 aliphatic rings. The smallest absolute Gasteiger partial charge is 0.381 e. The van der Waals surface area contributed by atoms with Crippen molar-refractivity contribution in [1.82, 2.24) is 0 Å². The van der Waals surface area contributed by atoms with Gasteiger partial charge in [0.2, 0.25) is 0 Å². The first kappa shape index (κ1) is 29.1. The zero-order valence-corrected chi connectivity index (χ0v) is 20.9. The molecule has 1 heterocycles. The van der Waals surface area contributed by atoms with Crippen molar-refractivity contribution in [2.24, 2.45) is 5.92 Å². The standard InChI is InChI=1S/C29H24F6N2O3/c30-28(31,32)23-8-5-20(6-9-23)19-3-1-18(2-4-19)16-27(39,22-11-13-40-14-12-22)26(38)37-24-10-7-21(17-36)25(15-24)29(33,34)35/h1-10,15,22,39H,11-14,16H2,(H,37,38). The second kappa shape index (κ2) is 11.3. The number of hydrogen-bond donors (Lipinski definition) is 2. The summed E-state index contributed by atoms with van der Waals surface area (Å²) >= 11 is 0. The molecule has 3 aromatic carbocycles. The van der Waals surface area contributed by atoms with Gasteiger partial charge in [-0.15, -0.1) is 0 Å². The third-order valence-corrected chi connectivity index (χ3v) is 6.97. The number of benzene rings is 3. The Morgan fingerprint density at radius 1 is 0.900 bits per heavy atom. The van der Waals surface area contributed by atoms with Crippen molar-refractivity contribution in [3.63, 3.8) is 0 Å². The van der Waals surface area contributed by atoms with Crippen molar-refractivity contribution < 1.29 is 41.0 Å². The van der Waals surface area contributed by atoms with Gasteiger partial charge in [0.1, 0.15) is 5.60 Å². The van der Waals surface area contributed by atoms with Crippen LogP contribution in [0.3, 0.4) is 0 Å². The third kappa shape index (κ3) is 6.46. The predicted molar refractivity (Wildman–Crippen MR) is 134 cm³/mol. The van der Waals surface area contributed by atoms with Crippen LogP contribution in [0.2, 0.25) is 0 Å². The van der Waals surface area contributed by atoms with E-state index >= 15 is 0 Å². The Labute approximate surface area is 226 Å². The lowest BCUT2D eigenvalue weighted by molar-refractivity contribution is -0.144. The number of aliphatic hydroxyl groups is 1. The van der Waals surface area contributed by atoms with Crippen molar-refractivity contribution >= 4 is 11.6 Å². The largest absolute Gasteiger partial charge is 0.417 e. The maximum Gasteiger partial charge on any atom is 0.417 e. The van der Waals surface area contributed by atoms with Gasteiger partial charge in [-0.3, -0.25) is 4.79 Å². The van der Waals surface area contributed by atoms with Crippen molar-refractivity contribution in [1.29, 1.82) is 5.26 Å². The number of nitrogens with one attached hydrogen (secondary N) is 1. The summed E-state index contributed by atoms with van der Waals surface area (Å²) < 4.78 is 84.2. The number of nitriles is 1. The van der Waals surface area contributed by atoms with Crippen LogP contribution in [0.15, 0.2) is 66.7 Å². The zero-order chi connectivity index (χ0) is 29.1. The molecular formula is C29H24F6N2O3. The first-order chi connectivity index (χ1) is 18.8. The molecule has 0 aromatic heterocycles. The summed E-state index contributed by atoms with van der Waals surface area (Å²) in [5, 5.41) is 23.1. The van der Waals surface area contributed by atoms with Gasteiger partial charge in [0.25, 0.3) is 5.91 Å². The predicted octanol–water partition coefficient (Wildman–Crippen LogP) is 6.60. The molecule has 1 aliphatic heterocycles. The van der Waals surface area contributed by atoms with Gasteiger partial charge >= 0.3 is 12.4 Å². The lowest BCUT2D eigenvalue weighted by atomic mass is 9.77. The minimum absolute atomic E-state index is 0.167. The Morgan fingerprint density at radius 3 is 2.00 bits per heavy atom. The summed E-state index contributed by atoms with van der Waals surface area (Å²) in [6, 6.07) is 15.4. The molecule has 1 saturated heterocycles. The number of amides is 1. The topological polar surface area (TPSA) is 82.4 Å². The van der Waals surface area contributed by atoms with E-state index in [1.165, 1.54) is 18.2 Å².